The number of nitrogens with zero attached hydrogens (tertiary/aromatic N) is 3. The van der Waals surface area contributed by atoms with Gasteiger partial charge < -0.3 is 9.80 Å². The van der Waals surface area contributed by atoms with E-state index in [9.17, 15) is 0 Å². The average molecular weight is 241 g/mol. The summed E-state index contributed by atoms with van der Waals surface area (Å²) in [6.45, 7) is 10.8. The monoisotopic (exact) mass is 241 g/mol. The SMILES string of the molecule is CCC.Cc1csc(N2CCN(C)CC2)n1. The molecule has 0 spiro atoms. The summed E-state index contributed by atoms with van der Waals surface area (Å²) in [5, 5.41) is 3.30. The van der Waals surface area contributed by atoms with Crippen LogP contribution in [0.3, 0.4) is 0 Å². The number of hydrogen-bond acceptors (Lipinski definition) is 4. The molecule has 2 heterocycles. The van der Waals surface area contributed by atoms with Crippen molar-refractivity contribution in [3.63, 3.8) is 0 Å². The summed E-state index contributed by atoms with van der Waals surface area (Å²) in [5.74, 6) is 0. The lowest BCUT2D eigenvalue weighted by molar-refractivity contribution is 0.312. The van der Waals surface area contributed by atoms with Crippen molar-refractivity contribution in [1.82, 2.24) is 9.88 Å². The van der Waals surface area contributed by atoms with Gasteiger partial charge in [0.15, 0.2) is 5.13 Å². The molecule has 1 aromatic heterocycles. The van der Waals surface area contributed by atoms with E-state index in [-0.39, 0.29) is 0 Å². The van der Waals surface area contributed by atoms with Crippen LogP contribution < -0.4 is 4.90 Å². The first kappa shape index (κ1) is 13.5. The molecule has 1 aromatic rings. The van der Waals surface area contributed by atoms with Gasteiger partial charge in [-0.1, -0.05) is 20.3 Å². The normalized spacial score (nSPS) is 16.9. The first-order valence-corrected chi connectivity index (χ1v) is 6.91. The molecule has 0 bridgehead atoms. The smallest absolute Gasteiger partial charge is 0.185 e. The van der Waals surface area contributed by atoms with Crippen LogP contribution in [-0.2, 0) is 0 Å². The predicted octanol–water partition coefficient (Wildman–Crippen LogP) is 2.62. The Balaban J connectivity index is 0.000000386. The van der Waals surface area contributed by atoms with Crippen molar-refractivity contribution in [3.8, 4) is 0 Å². The molecule has 92 valence electrons. The Morgan fingerprint density at radius 1 is 1.25 bits per heavy atom. The molecule has 4 heteroatoms. The van der Waals surface area contributed by atoms with E-state index in [2.05, 4.69) is 48.0 Å². The van der Waals surface area contributed by atoms with Gasteiger partial charge in [-0.25, -0.2) is 4.98 Å². The summed E-state index contributed by atoms with van der Waals surface area (Å²) in [4.78, 5) is 9.22. The summed E-state index contributed by atoms with van der Waals surface area (Å²) in [6.07, 6.45) is 1.25. The molecule has 0 aromatic carbocycles. The quantitative estimate of drug-likeness (QED) is 0.753. The summed E-state index contributed by atoms with van der Waals surface area (Å²) < 4.78 is 0. The Morgan fingerprint density at radius 2 is 1.81 bits per heavy atom. The third-order valence-electron chi connectivity index (χ3n) is 2.38. The van der Waals surface area contributed by atoms with Crippen molar-refractivity contribution in [2.24, 2.45) is 0 Å². The van der Waals surface area contributed by atoms with Crippen molar-refractivity contribution < 1.29 is 0 Å². The van der Waals surface area contributed by atoms with Crippen molar-refractivity contribution in [2.45, 2.75) is 27.2 Å². The van der Waals surface area contributed by atoms with Crippen molar-refractivity contribution >= 4 is 16.5 Å². The Kier molecular flexibility index (Phi) is 5.77. The number of piperazine rings is 1. The van der Waals surface area contributed by atoms with Crippen molar-refractivity contribution in [3.05, 3.63) is 11.1 Å². The fraction of sp³-hybridized carbons (Fsp3) is 0.750. The lowest BCUT2D eigenvalue weighted by atomic mass is 10.3. The first-order chi connectivity index (χ1) is 7.67. The molecule has 3 nitrogen and oxygen atoms in total. The van der Waals surface area contributed by atoms with Crippen LogP contribution in [0.25, 0.3) is 0 Å². The summed E-state index contributed by atoms with van der Waals surface area (Å²) in [6, 6.07) is 0. The van der Waals surface area contributed by atoms with Gasteiger partial charge in [0.2, 0.25) is 0 Å². The summed E-state index contributed by atoms with van der Waals surface area (Å²) >= 11 is 1.75. The van der Waals surface area contributed by atoms with E-state index in [0.717, 1.165) is 31.9 Å². The van der Waals surface area contributed by atoms with Crippen LogP contribution in [0.5, 0.6) is 0 Å². The molecule has 0 unspecified atom stereocenters. The van der Waals surface area contributed by atoms with Crippen LogP contribution >= 0.6 is 11.3 Å². The van der Waals surface area contributed by atoms with Crippen LogP contribution in [0.1, 0.15) is 26.0 Å². The molecule has 1 fully saturated rings. The van der Waals surface area contributed by atoms with Gasteiger partial charge in [-0.2, -0.15) is 0 Å². The zero-order valence-electron chi connectivity index (χ0n) is 10.9. The van der Waals surface area contributed by atoms with E-state index in [0.29, 0.717) is 0 Å². The number of rotatable bonds is 1. The highest BCUT2D eigenvalue weighted by Crippen LogP contribution is 2.20. The molecule has 2 rings (SSSR count). The van der Waals surface area contributed by atoms with Gasteiger partial charge in [0.25, 0.3) is 0 Å². The number of aryl methyl sites for hydroxylation is 1. The van der Waals surface area contributed by atoms with Crippen LogP contribution in [0.4, 0.5) is 5.13 Å². The Bertz CT molecular complexity index is 290. The van der Waals surface area contributed by atoms with Crippen molar-refractivity contribution in [1.29, 1.82) is 0 Å². The number of thiazole rings is 1. The highest BCUT2D eigenvalue weighted by Gasteiger charge is 2.15. The highest BCUT2D eigenvalue weighted by molar-refractivity contribution is 7.13. The second-order valence-electron chi connectivity index (χ2n) is 4.27. The second kappa shape index (κ2) is 6.86. The van der Waals surface area contributed by atoms with Crippen LogP contribution in [0.15, 0.2) is 5.38 Å². The number of hydrogen-bond donors (Lipinski definition) is 0. The molecule has 0 atom stereocenters. The molecule has 1 aliphatic heterocycles. The zero-order valence-corrected chi connectivity index (χ0v) is 11.7. The van der Waals surface area contributed by atoms with Gasteiger partial charge >= 0.3 is 0 Å². The minimum atomic E-state index is 1.11. The molecular weight excluding hydrogens is 218 g/mol. The number of likely N-dealkylation sites (N-methyl/N-ethyl adjacent to an activating group) is 1. The van der Waals surface area contributed by atoms with E-state index in [1.165, 1.54) is 11.6 Å². The highest BCUT2D eigenvalue weighted by atomic mass is 32.1. The third kappa shape index (κ3) is 4.10. The fourth-order valence-corrected chi connectivity index (χ4v) is 2.34. The molecule has 0 N–H and O–H groups in total. The van der Waals surface area contributed by atoms with E-state index in [1.54, 1.807) is 11.3 Å². The Hall–Kier alpha value is -0.610. The molecule has 0 amide bonds. The molecule has 0 radical (unpaired) electrons. The van der Waals surface area contributed by atoms with Crippen LogP contribution in [0.2, 0.25) is 0 Å². The van der Waals surface area contributed by atoms with Gasteiger partial charge in [0.05, 0.1) is 5.69 Å². The van der Waals surface area contributed by atoms with Crippen molar-refractivity contribution in [2.75, 3.05) is 38.1 Å². The number of aromatic nitrogens is 1. The lowest BCUT2D eigenvalue weighted by Crippen LogP contribution is -2.44. The van der Waals surface area contributed by atoms with Gasteiger partial charge in [-0.3, -0.25) is 0 Å². The number of anilines is 1. The van der Waals surface area contributed by atoms with Gasteiger partial charge in [-0.15, -0.1) is 11.3 Å². The molecular formula is C12H23N3S. The summed E-state index contributed by atoms with van der Waals surface area (Å²) in [7, 11) is 2.17. The fourth-order valence-electron chi connectivity index (χ4n) is 1.48. The molecule has 16 heavy (non-hydrogen) atoms. The first-order valence-electron chi connectivity index (χ1n) is 6.03. The van der Waals surface area contributed by atoms with Crippen LogP contribution in [-0.4, -0.2) is 43.1 Å². The Morgan fingerprint density at radius 3 is 2.25 bits per heavy atom. The van der Waals surface area contributed by atoms with E-state index in [4.69, 9.17) is 0 Å². The average Bonchev–Trinajstić information content (AvgIpc) is 2.67. The summed E-state index contributed by atoms with van der Waals surface area (Å²) in [5.41, 5.74) is 1.14. The molecule has 1 aliphatic rings. The second-order valence-corrected chi connectivity index (χ2v) is 5.11. The molecule has 1 saturated heterocycles. The van der Waals surface area contributed by atoms with E-state index >= 15 is 0 Å². The molecule has 0 saturated carbocycles. The molecule has 0 aliphatic carbocycles. The van der Waals surface area contributed by atoms with E-state index in [1.807, 2.05) is 0 Å². The largest absolute Gasteiger partial charge is 0.346 e. The van der Waals surface area contributed by atoms with Crippen LogP contribution in [0, 0.1) is 6.92 Å². The minimum absolute atomic E-state index is 1.11. The third-order valence-corrected chi connectivity index (χ3v) is 3.40. The lowest BCUT2D eigenvalue weighted by Gasteiger charge is -2.32. The van der Waals surface area contributed by atoms with Gasteiger partial charge in [0.1, 0.15) is 0 Å². The maximum Gasteiger partial charge on any atom is 0.185 e. The minimum Gasteiger partial charge on any atom is -0.346 e. The topological polar surface area (TPSA) is 19.4 Å². The van der Waals surface area contributed by atoms with Gasteiger partial charge in [-0.05, 0) is 14.0 Å². The van der Waals surface area contributed by atoms with Gasteiger partial charge in [0, 0.05) is 31.6 Å². The zero-order chi connectivity index (χ0) is 12.0. The van der Waals surface area contributed by atoms with E-state index < -0.39 is 0 Å². The maximum atomic E-state index is 4.49. The standard InChI is InChI=1S/C9H15N3S.C3H8/c1-8-7-13-9(10-8)12-5-3-11(2)4-6-12;1-3-2/h7H,3-6H2,1-2H3;3H2,1-2H3. The predicted molar refractivity (Wildman–Crippen MR) is 72.5 cm³/mol. The Labute approximate surface area is 103 Å². The maximum absolute atomic E-state index is 4.49.